The number of rotatable bonds is 2. The molecule has 4 nitrogen and oxygen atoms in total. The summed E-state index contributed by atoms with van der Waals surface area (Å²) in [6.07, 6.45) is 6.87. The van der Waals surface area contributed by atoms with E-state index in [0.29, 0.717) is 5.92 Å². The van der Waals surface area contributed by atoms with E-state index in [1.54, 1.807) is 0 Å². The number of imidazole rings is 1. The zero-order valence-electron chi connectivity index (χ0n) is 10.1. The van der Waals surface area contributed by atoms with Gasteiger partial charge in [0.2, 0.25) is 0 Å². The van der Waals surface area contributed by atoms with Gasteiger partial charge in [-0.3, -0.25) is 0 Å². The minimum Gasteiger partial charge on any atom is -0.387 e. The first kappa shape index (κ1) is 11.2. The normalized spacial score (nSPS) is 29.0. The minimum absolute atomic E-state index is 0.312. The number of fused-ring (bicyclic) bond motifs is 1. The minimum atomic E-state index is -0.312. The standard InChI is InChI=1S/C13H20N2O2/c16-12-4-1-5-15-11(12)8-14-13(15)7-10-3-2-6-17-9-10/h8,10,12,16H,1-7,9H2. The van der Waals surface area contributed by atoms with Crippen LogP contribution in [0.5, 0.6) is 0 Å². The average molecular weight is 236 g/mol. The van der Waals surface area contributed by atoms with Crippen LogP contribution in [0, 0.1) is 5.92 Å². The number of aliphatic hydroxyl groups excluding tert-OH is 1. The Morgan fingerprint density at radius 1 is 1.41 bits per heavy atom. The molecule has 4 heteroatoms. The number of aliphatic hydroxyl groups is 1. The van der Waals surface area contributed by atoms with Crippen molar-refractivity contribution < 1.29 is 9.84 Å². The monoisotopic (exact) mass is 236 g/mol. The predicted octanol–water partition coefficient (Wildman–Crippen LogP) is 1.68. The second-order valence-electron chi connectivity index (χ2n) is 5.20. The molecule has 1 saturated heterocycles. The van der Waals surface area contributed by atoms with Crippen molar-refractivity contribution in [3.8, 4) is 0 Å². The van der Waals surface area contributed by atoms with E-state index in [0.717, 1.165) is 50.5 Å². The van der Waals surface area contributed by atoms with E-state index in [1.165, 1.54) is 12.8 Å². The molecule has 0 spiro atoms. The molecule has 0 saturated carbocycles. The summed E-state index contributed by atoms with van der Waals surface area (Å²) in [5, 5.41) is 9.90. The summed E-state index contributed by atoms with van der Waals surface area (Å²) in [5.41, 5.74) is 1.00. The molecule has 0 radical (unpaired) electrons. The van der Waals surface area contributed by atoms with Gasteiger partial charge in [-0.25, -0.2) is 4.98 Å². The fourth-order valence-corrected chi connectivity index (χ4v) is 2.93. The molecular formula is C13H20N2O2. The lowest BCUT2D eigenvalue weighted by atomic mass is 9.98. The molecule has 1 fully saturated rings. The van der Waals surface area contributed by atoms with Crippen LogP contribution in [0.15, 0.2) is 6.20 Å². The van der Waals surface area contributed by atoms with Crippen LogP contribution in [0.25, 0.3) is 0 Å². The summed E-state index contributed by atoms with van der Waals surface area (Å²) in [4.78, 5) is 4.49. The van der Waals surface area contributed by atoms with Crippen molar-refractivity contribution in [3.05, 3.63) is 17.7 Å². The molecule has 1 N–H and O–H groups in total. The van der Waals surface area contributed by atoms with Crippen LogP contribution >= 0.6 is 0 Å². The smallest absolute Gasteiger partial charge is 0.109 e. The first-order chi connectivity index (χ1) is 8.34. The molecule has 0 amide bonds. The van der Waals surface area contributed by atoms with Crippen LogP contribution in [0.1, 0.15) is 43.3 Å². The van der Waals surface area contributed by atoms with Gasteiger partial charge in [0.05, 0.1) is 18.0 Å². The van der Waals surface area contributed by atoms with Gasteiger partial charge in [-0.15, -0.1) is 0 Å². The van der Waals surface area contributed by atoms with Crippen LogP contribution in [-0.2, 0) is 17.7 Å². The van der Waals surface area contributed by atoms with Crippen molar-refractivity contribution >= 4 is 0 Å². The topological polar surface area (TPSA) is 47.3 Å². The molecule has 3 heterocycles. The quantitative estimate of drug-likeness (QED) is 0.850. The Labute approximate surface area is 102 Å². The Morgan fingerprint density at radius 3 is 3.18 bits per heavy atom. The molecule has 0 aliphatic carbocycles. The predicted molar refractivity (Wildman–Crippen MR) is 63.7 cm³/mol. The molecule has 0 aromatic carbocycles. The maximum absolute atomic E-state index is 9.90. The van der Waals surface area contributed by atoms with Crippen LogP contribution in [0.4, 0.5) is 0 Å². The summed E-state index contributed by atoms with van der Waals surface area (Å²) in [5.74, 6) is 1.74. The molecule has 2 aliphatic rings. The van der Waals surface area contributed by atoms with E-state index >= 15 is 0 Å². The zero-order chi connectivity index (χ0) is 11.7. The molecule has 2 atom stereocenters. The highest BCUT2D eigenvalue weighted by Gasteiger charge is 2.23. The van der Waals surface area contributed by atoms with Crippen molar-refractivity contribution in [2.45, 2.75) is 44.8 Å². The number of nitrogens with zero attached hydrogens (tertiary/aromatic N) is 2. The molecule has 2 unspecified atom stereocenters. The van der Waals surface area contributed by atoms with Crippen LogP contribution < -0.4 is 0 Å². The number of hydrogen-bond acceptors (Lipinski definition) is 3. The third-order valence-corrected chi connectivity index (χ3v) is 3.90. The summed E-state index contributed by atoms with van der Waals surface area (Å²) >= 11 is 0. The van der Waals surface area contributed by atoms with Gasteiger partial charge < -0.3 is 14.4 Å². The van der Waals surface area contributed by atoms with E-state index in [1.807, 2.05) is 6.20 Å². The van der Waals surface area contributed by atoms with Gasteiger partial charge in [0.1, 0.15) is 5.82 Å². The molecule has 1 aromatic heterocycles. The molecule has 2 aliphatic heterocycles. The molecule has 0 bridgehead atoms. The van der Waals surface area contributed by atoms with Crippen LogP contribution in [0.3, 0.4) is 0 Å². The van der Waals surface area contributed by atoms with E-state index in [9.17, 15) is 5.11 Å². The van der Waals surface area contributed by atoms with Gasteiger partial charge in [-0.2, -0.15) is 0 Å². The highest BCUT2D eigenvalue weighted by Crippen LogP contribution is 2.27. The Morgan fingerprint density at radius 2 is 2.35 bits per heavy atom. The van der Waals surface area contributed by atoms with Crippen molar-refractivity contribution in [1.29, 1.82) is 0 Å². The van der Waals surface area contributed by atoms with E-state index in [4.69, 9.17) is 4.74 Å². The van der Waals surface area contributed by atoms with Gasteiger partial charge in [0, 0.05) is 26.2 Å². The molecule has 17 heavy (non-hydrogen) atoms. The second-order valence-corrected chi connectivity index (χ2v) is 5.20. The third kappa shape index (κ3) is 2.24. The Bertz CT molecular complexity index is 383. The second kappa shape index (κ2) is 4.78. The Kier molecular flexibility index (Phi) is 3.16. The summed E-state index contributed by atoms with van der Waals surface area (Å²) in [6, 6.07) is 0. The van der Waals surface area contributed by atoms with Crippen LogP contribution in [-0.4, -0.2) is 27.9 Å². The van der Waals surface area contributed by atoms with Gasteiger partial charge in [-0.05, 0) is 31.6 Å². The lowest BCUT2D eigenvalue weighted by molar-refractivity contribution is 0.0537. The van der Waals surface area contributed by atoms with E-state index in [-0.39, 0.29) is 6.10 Å². The first-order valence-corrected chi connectivity index (χ1v) is 6.64. The van der Waals surface area contributed by atoms with Crippen LogP contribution in [0.2, 0.25) is 0 Å². The first-order valence-electron chi connectivity index (χ1n) is 6.64. The molecule has 1 aromatic rings. The summed E-state index contributed by atoms with van der Waals surface area (Å²) in [6.45, 7) is 2.79. The number of ether oxygens (including phenoxy) is 1. The van der Waals surface area contributed by atoms with Gasteiger partial charge in [0.15, 0.2) is 0 Å². The lowest BCUT2D eigenvalue weighted by Crippen LogP contribution is -2.23. The molecular weight excluding hydrogens is 216 g/mol. The maximum Gasteiger partial charge on any atom is 0.109 e. The Hall–Kier alpha value is -0.870. The molecule has 94 valence electrons. The van der Waals surface area contributed by atoms with E-state index < -0.39 is 0 Å². The average Bonchev–Trinajstić information content (AvgIpc) is 2.76. The van der Waals surface area contributed by atoms with Gasteiger partial charge in [0.25, 0.3) is 0 Å². The fraction of sp³-hybridized carbons (Fsp3) is 0.769. The van der Waals surface area contributed by atoms with Crippen molar-refractivity contribution in [3.63, 3.8) is 0 Å². The summed E-state index contributed by atoms with van der Waals surface area (Å²) < 4.78 is 7.72. The Balaban J connectivity index is 1.74. The van der Waals surface area contributed by atoms with Gasteiger partial charge in [-0.1, -0.05) is 0 Å². The largest absolute Gasteiger partial charge is 0.387 e. The van der Waals surface area contributed by atoms with Gasteiger partial charge >= 0.3 is 0 Å². The van der Waals surface area contributed by atoms with Crippen molar-refractivity contribution in [2.75, 3.05) is 13.2 Å². The van der Waals surface area contributed by atoms with Crippen molar-refractivity contribution in [1.82, 2.24) is 9.55 Å². The molecule has 3 rings (SSSR count). The number of aromatic nitrogens is 2. The highest BCUT2D eigenvalue weighted by molar-refractivity contribution is 5.11. The zero-order valence-corrected chi connectivity index (χ0v) is 10.1. The van der Waals surface area contributed by atoms with E-state index in [2.05, 4.69) is 9.55 Å². The lowest BCUT2D eigenvalue weighted by Gasteiger charge is -2.24. The SMILES string of the molecule is OC1CCCn2c1cnc2CC1CCCOC1. The third-order valence-electron chi connectivity index (χ3n) is 3.90. The number of hydrogen-bond donors (Lipinski definition) is 1. The fourth-order valence-electron chi connectivity index (χ4n) is 2.93. The van der Waals surface area contributed by atoms with Crippen molar-refractivity contribution in [2.24, 2.45) is 5.92 Å². The maximum atomic E-state index is 9.90. The highest BCUT2D eigenvalue weighted by atomic mass is 16.5. The summed E-state index contributed by atoms with van der Waals surface area (Å²) in [7, 11) is 0.